The monoisotopic (exact) mass is 631 g/mol. The van der Waals surface area contributed by atoms with E-state index in [1.165, 1.54) is 0 Å². The number of H-pyrrole nitrogens is 1. The van der Waals surface area contributed by atoms with Crippen LogP contribution in [0.4, 0.5) is 28.8 Å². The van der Waals surface area contributed by atoms with E-state index in [1.54, 1.807) is 13.3 Å². The molecular formula is C34H46N7O3P. The first kappa shape index (κ1) is 31.4. The number of fused-ring (bicyclic) bond motifs is 1. The van der Waals surface area contributed by atoms with Crippen LogP contribution in [0.2, 0.25) is 0 Å². The van der Waals surface area contributed by atoms with Crippen molar-refractivity contribution >= 4 is 52.3 Å². The smallest absolute Gasteiger partial charge is 0.231 e. The van der Waals surface area contributed by atoms with Crippen LogP contribution < -0.4 is 25.6 Å². The van der Waals surface area contributed by atoms with Crippen LogP contribution in [0.5, 0.6) is 5.75 Å². The first-order valence-corrected chi connectivity index (χ1v) is 18.6. The molecule has 0 bridgehead atoms. The Balaban J connectivity index is 1.21. The van der Waals surface area contributed by atoms with Crippen molar-refractivity contribution in [2.45, 2.75) is 63.7 Å². The van der Waals surface area contributed by atoms with Gasteiger partial charge in [-0.3, -0.25) is 0 Å². The quantitative estimate of drug-likeness (QED) is 0.142. The summed E-state index contributed by atoms with van der Waals surface area (Å²) >= 11 is 0. The zero-order chi connectivity index (χ0) is 31.8. The Morgan fingerprint density at radius 3 is 2.56 bits per heavy atom. The molecule has 1 aliphatic heterocycles. The van der Waals surface area contributed by atoms with Crippen LogP contribution in [0.15, 0.2) is 54.7 Å². The minimum atomic E-state index is -2.51. The van der Waals surface area contributed by atoms with Gasteiger partial charge in [-0.1, -0.05) is 12.1 Å². The molecule has 4 N–H and O–H groups in total. The van der Waals surface area contributed by atoms with Gasteiger partial charge in [0.2, 0.25) is 5.95 Å². The van der Waals surface area contributed by atoms with Gasteiger partial charge >= 0.3 is 0 Å². The van der Waals surface area contributed by atoms with E-state index in [0.717, 1.165) is 85.2 Å². The maximum atomic E-state index is 13.0. The number of aromatic nitrogens is 3. The molecule has 0 radical (unpaired) electrons. The van der Waals surface area contributed by atoms with E-state index in [2.05, 4.69) is 38.5 Å². The second-order valence-electron chi connectivity index (χ2n) is 13.3. The molecule has 10 nitrogen and oxygen atoms in total. The van der Waals surface area contributed by atoms with E-state index < -0.39 is 12.7 Å². The van der Waals surface area contributed by atoms with Gasteiger partial charge in [0.25, 0.3) is 0 Å². The number of ether oxygens (including phenoxy) is 1. The van der Waals surface area contributed by atoms with Crippen molar-refractivity contribution in [3.63, 3.8) is 0 Å². The molecule has 1 aliphatic carbocycles. The lowest BCUT2D eigenvalue weighted by Gasteiger charge is -2.44. The summed E-state index contributed by atoms with van der Waals surface area (Å²) < 4.78 is 19.3. The molecule has 4 aromatic rings. The molecule has 2 fully saturated rings. The highest BCUT2D eigenvalue weighted by molar-refractivity contribution is 7.70. The van der Waals surface area contributed by atoms with Gasteiger partial charge in [-0.15, -0.1) is 0 Å². The second kappa shape index (κ2) is 12.7. The third-order valence-electron chi connectivity index (χ3n) is 8.99. The Kier molecular flexibility index (Phi) is 8.83. The van der Waals surface area contributed by atoms with Crippen LogP contribution in [0, 0.1) is 0 Å². The first-order valence-electron chi connectivity index (χ1n) is 16.0. The number of piperidine rings is 1. The molecule has 1 saturated carbocycles. The van der Waals surface area contributed by atoms with E-state index in [1.807, 2.05) is 62.5 Å². The molecule has 11 heteroatoms. The van der Waals surface area contributed by atoms with Crippen LogP contribution in [-0.4, -0.2) is 82.7 Å². The molecule has 2 aromatic carbocycles. The minimum Gasteiger partial charge on any atom is -0.489 e. The Bertz CT molecular complexity index is 1690. The molecule has 45 heavy (non-hydrogen) atoms. The molecule has 3 heterocycles. The van der Waals surface area contributed by atoms with Crippen molar-refractivity contribution in [2.24, 2.45) is 0 Å². The van der Waals surface area contributed by atoms with Crippen molar-refractivity contribution in [1.29, 1.82) is 0 Å². The van der Waals surface area contributed by atoms with E-state index in [-0.39, 0.29) is 6.10 Å². The number of likely N-dealkylation sites (N-methyl/N-ethyl adjacent to an activating group) is 1. The highest BCUT2D eigenvalue weighted by atomic mass is 31.2. The number of anilines is 5. The largest absolute Gasteiger partial charge is 0.489 e. The van der Waals surface area contributed by atoms with Crippen LogP contribution >= 0.6 is 7.14 Å². The Labute approximate surface area is 266 Å². The van der Waals surface area contributed by atoms with Crippen molar-refractivity contribution in [2.75, 3.05) is 55.5 Å². The summed E-state index contributed by atoms with van der Waals surface area (Å²) in [5.41, 5.74) is 2.87. The second-order valence-corrected chi connectivity index (χ2v) is 16.5. The van der Waals surface area contributed by atoms with Gasteiger partial charge < -0.3 is 39.8 Å². The number of aromatic amines is 1. The summed E-state index contributed by atoms with van der Waals surface area (Å²) in [7, 11) is -0.359. The average molecular weight is 632 g/mol. The Hall–Kier alpha value is -3.59. The highest BCUT2D eigenvalue weighted by Crippen LogP contribution is 2.39. The number of benzene rings is 2. The van der Waals surface area contributed by atoms with Gasteiger partial charge in [0.15, 0.2) is 0 Å². The van der Waals surface area contributed by atoms with E-state index in [4.69, 9.17) is 14.7 Å². The summed E-state index contributed by atoms with van der Waals surface area (Å²) in [4.78, 5) is 17.5. The van der Waals surface area contributed by atoms with Gasteiger partial charge in [0, 0.05) is 48.9 Å². The molecule has 2 aliphatic rings. The molecule has 6 rings (SSSR count). The van der Waals surface area contributed by atoms with Crippen molar-refractivity contribution < 1.29 is 14.4 Å². The number of hydrogen-bond acceptors (Lipinski definition) is 9. The molecule has 0 unspecified atom stereocenters. The average Bonchev–Trinajstić information content (AvgIpc) is 3.45. The molecular weight excluding hydrogens is 585 g/mol. The summed E-state index contributed by atoms with van der Waals surface area (Å²) in [6, 6.07) is 16.2. The summed E-state index contributed by atoms with van der Waals surface area (Å²) in [6.07, 6.45) is 6.91. The van der Waals surface area contributed by atoms with Crippen molar-refractivity contribution in [3.8, 4) is 5.75 Å². The molecule has 0 amide bonds. The third-order valence-corrected chi connectivity index (χ3v) is 10.5. The van der Waals surface area contributed by atoms with E-state index >= 15 is 0 Å². The topological polar surface area (TPSA) is 119 Å². The highest BCUT2D eigenvalue weighted by Gasteiger charge is 2.37. The van der Waals surface area contributed by atoms with Crippen LogP contribution in [0.3, 0.4) is 0 Å². The summed E-state index contributed by atoms with van der Waals surface area (Å²) in [6.45, 7) is 10.3. The summed E-state index contributed by atoms with van der Waals surface area (Å²) in [5.74, 6) is 1.87. The maximum Gasteiger partial charge on any atom is 0.231 e. The fourth-order valence-corrected chi connectivity index (χ4v) is 7.64. The number of nitrogens with zero attached hydrogens (tertiary/aromatic N) is 4. The number of hydrogen-bond donors (Lipinski definition) is 4. The number of para-hydroxylation sites is 1. The lowest BCUT2D eigenvalue weighted by Crippen LogP contribution is -2.52. The van der Waals surface area contributed by atoms with Gasteiger partial charge in [0.1, 0.15) is 24.4 Å². The van der Waals surface area contributed by atoms with Crippen LogP contribution in [0.1, 0.15) is 46.0 Å². The van der Waals surface area contributed by atoms with Crippen LogP contribution in [-0.2, 0) is 4.57 Å². The van der Waals surface area contributed by atoms with Crippen molar-refractivity contribution in [1.82, 2.24) is 19.9 Å². The van der Waals surface area contributed by atoms with E-state index in [9.17, 15) is 9.67 Å². The number of aliphatic hydroxyl groups is 1. The number of nitrogens with one attached hydrogen (secondary N) is 3. The lowest BCUT2D eigenvalue weighted by atomic mass is 9.79. The Morgan fingerprint density at radius 2 is 1.87 bits per heavy atom. The van der Waals surface area contributed by atoms with Gasteiger partial charge in [-0.05, 0) is 96.7 Å². The van der Waals surface area contributed by atoms with Gasteiger partial charge in [0.05, 0.1) is 28.5 Å². The van der Waals surface area contributed by atoms with Gasteiger partial charge in [-0.25, -0.2) is 0 Å². The van der Waals surface area contributed by atoms with Crippen LogP contribution in [0.25, 0.3) is 11.0 Å². The molecule has 0 spiro atoms. The minimum absolute atomic E-state index is 0.0152. The predicted molar refractivity (Wildman–Crippen MR) is 185 cm³/mol. The maximum absolute atomic E-state index is 13.0. The lowest BCUT2D eigenvalue weighted by molar-refractivity contribution is -0.0625. The fourth-order valence-electron chi connectivity index (χ4n) is 6.48. The molecule has 2 aromatic heterocycles. The van der Waals surface area contributed by atoms with Crippen molar-refractivity contribution in [3.05, 3.63) is 54.7 Å². The van der Waals surface area contributed by atoms with E-state index in [0.29, 0.717) is 23.5 Å². The predicted octanol–water partition coefficient (Wildman–Crippen LogP) is 6.30. The number of rotatable bonds is 11. The SMILES string of the molecule is CC(C)Oc1cc(Nc2nc(Nc3ccccc3P(C)(C)=O)c3cc[nH]c3n2)ccc1N1CCC(N(C)CC2(O)CCC2)CC1. The first-order chi connectivity index (χ1) is 21.5. The molecule has 240 valence electrons. The van der Waals surface area contributed by atoms with Gasteiger partial charge in [-0.2, -0.15) is 9.97 Å². The third kappa shape index (κ3) is 7.13. The molecule has 1 saturated heterocycles. The normalized spacial score (nSPS) is 17.1. The standard InChI is InChI=1S/C34H46N7O3P/c1-23(2)44-29-21-24(11-12-28(29)41-19-14-25(15-20-41)40(3)22-34(42)16-8-17-34)36-33-38-31-26(13-18-35-31)32(39-33)37-27-9-6-7-10-30(27)45(4,5)43/h6-7,9-13,18,21,23,25,42H,8,14-17,19-20,22H2,1-5H3,(H3,35,36,37,38,39). The zero-order valence-electron chi connectivity index (χ0n) is 27.0. The zero-order valence-corrected chi connectivity index (χ0v) is 27.9. The fraction of sp³-hybridized carbons (Fsp3) is 0.471. The summed E-state index contributed by atoms with van der Waals surface area (Å²) in [5, 5.41) is 19.1. The Morgan fingerprint density at radius 1 is 1.11 bits per heavy atom. The molecule has 0 atom stereocenters.